The number of amides is 1. The highest BCUT2D eigenvalue weighted by Gasteiger charge is 2.35. The number of rotatable bonds is 6. The Kier molecular flexibility index (Phi) is 5.65. The molecular formula is C19H25N5O4S. The van der Waals surface area contributed by atoms with Crippen molar-refractivity contribution in [3.8, 4) is 0 Å². The molecule has 0 bridgehead atoms. The number of nitrogen functional groups attached to an aromatic ring is 2. The second-order valence-electron chi connectivity index (χ2n) is 7.31. The molecule has 2 heterocycles. The molecule has 3 rings (SSSR count). The average Bonchev–Trinajstić information content (AvgIpc) is 2.59. The molecule has 1 aliphatic carbocycles. The van der Waals surface area contributed by atoms with Crippen molar-refractivity contribution < 1.29 is 13.2 Å². The highest BCUT2D eigenvalue weighted by atomic mass is 32.2. The minimum Gasteiger partial charge on any atom is -0.393 e. The van der Waals surface area contributed by atoms with Gasteiger partial charge in [-0.05, 0) is 44.4 Å². The van der Waals surface area contributed by atoms with E-state index in [-0.39, 0.29) is 23.7 Å². The van der Waals surface area contributed by atoms with Crippen LogP contribution in [0.15, 0.2) is 27.9 Å². The number of anilines is 2. The van der Waals surface area contributed by atoms with Crippen LogP contribution in [-0.2, 0) is 27.7 Å². The SMILES string of the molecule is Cc1nc(N)ccc1CNC(=O)Cn1c(C)cc(S(=O)(=O)C2CCC2)c(N)c1=O. The summed E-state index contributed by atoms with van der Waals surface area (Å²) in [7, 11) is -3.63. The van der Waals surface area contributed by atoms with E-state index in [0.717, 1.165) is 12.0 Å². The van der Waals surface area contributed by atoms with Gasteiger partial charge in [-0.3, -0.25) is 9.59 Å². The smallest absolute Gasteiger partial charge is 0.275 e. The van der Waals surface area contributed by atoms with Crippen LogP contribution in [0.1, 0.15) is 36.2 Å². The molecule has 9 nitrogen and oxygen atoms in total. The first-order valence-electron chi connectivity index (χ1n) is 9.33. The summed E-state index contributed by atoms with van der Waals surface area (Å²) in [5, 5.41) is 2.24. The molecule has 156 valence electrons. The predicted octanol–water partition coefficient (Wildman–Crippen LogP) is 0.667. The number of aromatic nitrogens is 2. The standard InChI is InChI=1S/C19H25N5O4S/c1-11-8-15(29(27,28)14-4-3-5-14)18(21)19(26)24(11)10-17(25)22-9-13-6-7-16(20)23-12(13)2/h6-8,14H,3-5,9-10,21H2,1-2H3,(H2,20,23)(H,22,25). The van der Waals surface area contributed by atoms with Crippen molar-refractivity contribution in [2.45, 2.75) is 56.3 Å². The van der Waals surface area contributed by atoms with Crippen LogP contribution in [0.5, 0.6) is 0 Å². The zero-order valence-electron chi connectivity index (χ0n) is 16.4. The molecule has 0 atom stereocenters. The van der Waals surface area contributed by atoms with Gasteiger partial charge >= 0.3 is 0 Å². The number of carbonyl (C=O) groups excluding carboxylic acids is 1. The third-order valence-electron chi connectivity index (χ3n) is 5.30. The highest BCUT2D eigenvalue weighted by Crippen LogP contribution is 2.32. The van der Waals surface area contributed by atoms with Crippen LogP contribution >= 0.6 is 0 Å². The van der Waals surface area contributed by atoms with E-state index in [2.05, 4.69) is 10.3 Å². The van der Waals surface area contributed by atoms with E-state index < -0.39 is 26.6 Å². The Morgan fingerprint density at radius 1 is 1.28 bits per heavy atom. The minimum absolute atomic E-state index is 0.134. The van der Waals surface area contributed by atoms with Gasteiger partial charge in [0.05, 0.1) is 10.1 Å². The number of nitrogens with zero attached hydrogens (tertiary/aromatic N) is 2. The number of carbonyl (C=O) groups is 1. The summed E-state index contributed by atoms with van der Waals surface area (Å²) in [4.78, 5) is 29.0. The Hall–Kier alpha value is -2.88. The third kappa shape index (κ3) is 4.12. The highest BCUT2D eigenvalue weighted by molar-refractivity contribution is 7.92. The van der Waals surface area contributed by atoms with Gasteiger partial charge in [-0.15, -0.1) is 0 Å². The molecule has 0 unspecified atom stereocenters. The first-order valence-corrected chi connectivity index (χ1v) is 10.9. The number of nitrogens with one attached hydrogen (secondary N) is 1. The molecule has 1 aliphatic rings. The number of hydrogen-bond acceptors (Lipinski definition) is 7. The zero-order chi connectivity index (χ0) is 21.3. The van der Waals surface area contributed by atoms with Crippen molar-refractivity contribution in [3.63, 3.8) is 0 Å². The third-order valence-corrected chi connectivity index (χ3v) is 7.60. The molecule has 1 saturated carbocycles. The average molecular weight is 420 g/mol. The first kappa shape index (κ1) is 20.8. The lowest BCUT2D eigenvalue weighted by Crippen LogP contribution is -2.36. The van der Waals surface area contributed by atoms with E-state index in [4.69, 9.17) is 11.5 Å². The van der Waals surface area contributed by atoms with Gasteiger partial charge in [0, 0.05) is 17.9 Å². The Morgan fingerprint density at radius 3 is 2.55 bits per heavy atom. The van der Waals surface area contributed by atoms with E-state index in [1.165, 1.54) is 10.6 Å². The summed E-state index contributed by atoms with van der Waals surface area (Å²) >= 11 is 0. The van der Waals surface area contributed by atoms with Gasteiger partial charge in [0.15, 0.2) is 9.84 Å². The maximum atomic E-state index is 12.7. The molecule has 0 aliphatic heterocycles. The van der Waals surface area contributed by atoms with Gasteiger partial charge in [0.1, 0.15) is 18.1 Å². The minimum atomic E-state index is -3.63. The molecule has 0 saturated heterocycles. The van der Waals surface area contributed by atoms with Crippen molar-refractivity contribution in [1.29, 1.82) is 0 Å². The number of hydrogen-bond donors (Lipinski definition) is 3. The second-order valence-corrected chi connectivity index (χ2v) is 9.51. The number of sulfone groups is 1. The summed E-state index contributed by atoms with van der Waals surface area (Å²) in [6.07, 6.45) is 2.00. The van der Waals surface area contributed by atoms with Gasteiger partial charge < -0.3 is 21.4 Å². The van der Waals surface area contributed by atoms with Crippen molar-refractivity contribution in [2.75, 3.05) is 11.5 Å². The monoisotopic (exact) mass is 419 g/mol. The lowest BCUT2D eigenvalue weighted by Gasteiger charge is -2.26. The normalized spacial score (nSPS) is 14.4. The van der Waals surface area contributed by atoms with E-state index in [1.54, 1.807) is 26.0 Å². The maximum absolute atomic E-state index is 12.7. The van der Waals surface area contributed by atoms with E-state index in [1.807, 2.05) is 0 Å². The summed E-state index contributed by atoms with van der Waals surface area (Å²) in [6.45, 7) is 3.34. The zero-order valence-corrected chi connectivity index (χ0v) is 17.3. The first-order chi connectivity index (χ1) is 13.6. The van der Waals surface area contributed by atoms with Crippen LogP contribution in [0, 0.1) is 13.8 Å². The van der Waals surface area contributed by atoms with Crippen molar-refractivity contribution in [3.05, 3.63) is 45.5 Å². The molecule has 1 amide bonds. The Bertz CT molecular complexity index is 1120. The summed E-state index contributed by atoms with van der Waals surface area (Å²) in [6, 6.07) is 4.80. The van der Waals surface area contributed by atoms with E-state index in [9.17, 15) is 18.0 Å². The van der Waals surface area contributed by atoms with E-state index in [0.29, 0.717) is 30.0 Å². The van der Waals surface area contributed by atoms with E-state index >= 15 is 0 Å². The van der Waals surface area contributed by atoms with Crippen LogP contribution in [-0.4, -0.2) is 29.1 Å². The van der Waals surface area contributed by atoms with Gasteiger partial charge in [-0.1, -0.05) is 12.5 Å². The Balaban J connectivity index is 1.78. The van der Waals surface area contributed by atoms with Crippen molar-refractivity contribution in [1.82, 2.24) is 14.9 Å². The molecule has 2 aromatic heterocycles. The molecule has 29 heavy (non-hydrogen) atoms. The van der Waals surface area contributed by atoms with Gasteiger partial charge in [0.2, 0.25) is 5.91 Å². The number of aryl methyl sites for hydroxylation is 2. The van der Waals surface area contributed by atoms with Crippen molar-refractivity contribution in [2.24, 2.45) is 0 Å². The quantitative estimate of drug-likeness (QED) is 0.622. The molecule has 1 fully saturated rings. The fourth-order valence-corrected chi connectivity index (χ4v) is 5.28. The molecule has 0 radical (unpaired) electrons. The van der Waals surface area contributed by atoms with Crippen LogP contribution in [0.25, 0.3) is 0 Å². The fraction of sp³-hybridized carbons (Fsp3) is 0.421. The molecular weight excluding hydrogens is 394 g/mol. The summed E-state index contributed by atoms with van der Waals surface area (Å²) in [5.74, 6) is -0.00685. The summed E-state index contributed by atoms with van der Waals surface area (Å²) < 4.78 is 26.5. The van der Waals surface area contributed by atoms with Gasteiger partial charge in [0.25, 0.3) is 5.56 Å². The molecule has 5 N–H and O–H groups in total. The molecule has 10 heteroatoms. The van der Waals surface area contributed by atoms with Crippen LogP contribution < -0.4 is 22.3 Å². The predicted molar refractivity (Wildman–Crippen MR) is 110 cm³/mol. The summed E-state index contributed by atoms with van der Waals surface area (Å²) in [5.41, 5.74) is 12.3. The maximum Gasteiger partial charge on any atom is 0.275 e. The Morgan fingerprint density at radius 2 is 1.97 bits per heavy atom. The number of nitrogens with two attached hydrogens (primary N) is 2. The molecule has 2 aromatic rings. The van der Waals surface area contributed by atoms with Crippen LogP contribution in [0.2, 0.25) is 0 Å². The van der Waals surface area contributed by atoms with Crippen LogP contribution in [0.4, 0.5) is 11.5 Å². The largest absolute Gasteiger partial charge is 0.393 e. The topological polar surface area (TPSA) is 150 Å². The van der Waals surface area contributed by atoms with Gasteiger partial charge in [-0.2, -0.15) is 0 Å². The number of pyridine rings is 2. The molecule has 0 aromatic carbocycles. The molecule has 0 spiro atoms. The van der Waals surface area contributed by atoms with Crippen LogP contribution in [0.3, 0.4) is 0 Å². The van der Waals surface area contributed by atoms with Crippen molar-refractivity contribution >= 4 is 27.2 Å². The fourth-order valence-electron chi connectivity index (χ4n) is 3.24. The Labute approximate surface area is 169 Å². The lowest BCUT2D eigenvalue weighted by atomic mass is 10.00. The second kappa shape index (κ2) is 7.86. The van der Waals surface area contributed by atoms with Gasteiger partial charge in [-0.25, -0.2) is 13.4 Å². The lowest BCUT2D eigenvalue weighted by molar-refractivity contribution is -0.121.